The van der Waals surface area contributed by atoms with Crippen LogP contribution < -0.4 is 0 Å². The van der Waals surface area contributed by atoms with Gasteiger partial charge in [-0.1, -0.05) is 35.0 Å². The molecular formula is C14H18BrNO2. The highest BCUT2D eigenvalue weighted by molar-refractivity contribution is 9.10. The Balaban J connectivity index is 2.13. The van der Waals surface area contributed by atoms with Gasteiger partial charge in [-0.15, -0.1) is 0 Å². The molecular weight excluding hydrogens is 294 g/mol. The molecule has 1 N–H and O–H groups in total. The third-order valence-electron chi connectivity index (χ3n) is 3.67. The van der Waals surface area contributed by atoms with Gasteiger partial charge in [0.25, 0.3) is 0 Å². The lowest BCUT2D eigenvalue weighted by Crippen LogP contribution is -2.38. The Morgan fingerprint density at radius 2 is 2.28 bits per heavy atom. The first-order valence-electron chi connectivity index (χ1n) is 6.21. The summed E-state index contributed by atoms with van der Waals surface area (Å²) >= 11 is 3.48. The lowest BCUT2D eigenvalue weighted by molar-refractivity contribution is -0.143. The Morgan fingerprint density at radius 1 is 1.56 bits per heavy atom. The molecule has 1 heterocycles. The summed E-state index contributed by atoms with van der Waals surface area (Å²) in [6, 6.07) is 5.86. The van der Waals surface area contributed by atoms with E-state index in [2.05, 4.69) is 39.9 Å². The van der Waals surface area contributed by atoms with Gasteiger partial charge in [0.15, 0.2) is 0 Å². The minimum Gasteiger partial charge on any atom is -0.480 e. The summed E-state index contributed by atoms with van der Waals surface area (Å²) in [5.74, 6) is -0.465. The van der Waals surface area contributed by atoms with Gasteiger partial charge in [0.05, 0.1) is 0 Å². The van der Waals surface area contributed by atoms with Crippen molar-refractivity contribution in [2.45, 2.75) is 32.9 Å². The van der Waals surface area contributed by atoms with Crippen molar-refractivity contribution in [3.05, 3.63) is 33.8 Å². The number of carboxylic acids is 1. The summed E-state index contributed by atoms with van der Waals surface area (Å²) in [5, 5.41) is 9.28. The standard InChI is InChI=1S/C14H18BrNO2/c1-9-5-6-16(13(9)14(17)18)8-11-3-4-12(15)10(2)7-11/h3-4,7,9,13H,5-6,8H2,1-2H3,(H,17,18). The Bertz CT molecular complexity index is 461. The fourth-order valence-electron chi connectivity index (χ4n) is 2.64. The van der Waals surface area contributed by atoms with Gasteiger partial charge in [0.1, 0.15) is 6.04 Å². The van der Waals surface area contributed by atoms with Crippen LogP contribution in [-0.4, -0.2) is 28.6 Å². The van der Waals surface area contributed by atoms with Crippen molar-refractivity contribution < 1.29 is 9.90 Å². The third-order valence-corrected chi connectivity index (χ3v) is 4.55. The highest BCUT2D eigenvalue weighted by Crippen LogP contribution is 2.26. The molecule has 4 heteroatoms. The molecule has 98 valence electrons. The summed E-state index contributed by atoms with van der Waals surface area (Å²) in [7, 11) is 0. The van der Waals surface area contributed by atoms with E-state index in [-0.39, 0.29) is 12.0 Å². The zero-order chi connectivity index (χ0) is 13.3. The predicted octanol–water partition coefficient (Wildman–Crippen LogP) is 3.05. The minimum atomic E-state index is -0.700. The van der Waals surface area contributed by atoms with Crippen LogP contribution in [0.2, 0.25) is 0 Å². The molecule has 0 saturated carbocycles. The van der Waals surface area contributed by atoms with Crippen molar-refractivity contribution >= 4 is 21.9 Å². The molecule has 1 saturated heterocycles. The second-order valence-corrected chi connectivity index (χ2v) is 5.96. The maximum absolute atomic E-state index is 11.3. The Labute approximate surface area is 116 Å². The van der Waals surface area contributed by atoms with Crippen molar-refractivity contribution in [3.8, 4) is 0 Å². The van der Waals surface area contributed by atoms with Crippen molar-refractivity contribution in [1.29, 1.82) is 0 Å². The summed E-state index contributed by atoms with van der Waals surface area (Å²) in [5.41, 5.74) is 2.36. The molecule has 0 amide bonds. The quantitative estimate of drug-likeness (QED) is 0.932. The van der Waals surface area contributed by atoms with Gasteiger partial charge in [-0.3, -0.25) is 9.69 Å². The summed E-state index contributed by atoms with van der Waals surface area (Å²) < 4.78 is 1.09. The Kier molecular flexibility index (Phi) is 4.07. The van der Waals surface area contributed by atoms with Crippen molar-refractivity contribution in [2.75, 3.05) is 6.54 Å². The van der Waals surface area contributed by atoms with Gasteiger partial charge in [-0.05, 0) is 43.0 Å². The number of benzene rings is 1. The first kappa shape index (κ1) is 13.6. The number of halogens is 1. The van der Waals surface area contributed by atoms with E-state index in [0.29, 0.717) is 0 Å². The average molecular weight is 312 g/mol. The SMILES string of the molecule is Cc1cc(CN2CCC(C)C2C(=O)O)ccc1Br. The van der Waals surface area contributed by atoms with Crippen molar-refractivity contribution in [2.24, 2.45) is 5.92 Å². The molecule has 0 radical (unpaired) electrons. The second kappa shape index (κ2) is 5.41. The molecule has 1 aromatic carbocycles. The monoisotopic (exact) mass is 311 g/mol. The van der Waals surface area contributed by atoms with Crippen LogP contribution in [0.3, 0.4) is 0 Å². The molecule has 18 heavy (non-hydrogen) atoms. The maximum Gasteiger partial charge on any atom is 0.321 e. The van der Waals surface area contributed by atoms with Crippen molar-refractivity contribution in [1.82, 2.24) is 4.90 Å². The smallest absolute Gasteiger partial charge is 0.321 e. The molecule has 1 aliphatic rings. The van der Waals surface area contributed by atoms with E-state index in [1.165, 1.54) is 11.1 Å². The zero-order valence-corrected chi connectivity index (χ0v) is 12.3. The van der Waals surface area contributed by atoms with E-state index in [4.69, 9.17) is 0 Å². The van der Waals surface area contributed by atoms with Crippen LogP contribution in [0.15, 0.2) is 22.7 Å². The molecule has 1 aromatic rings. The van der Waals surface area contributed by atoms with E-state index in [1.54, 1.807) is 0 Å². The summed E-state index contributed by atoms with van der Waals surface area (Å²) in [4.78, 5) is 13.3. The summed E-state index contributed by atoms with van der Waals surface area (Å²) in [6.45, 7) is 5.66. The zero-order valence-electron chi connectivity index (χ0n) is 10.7. The van der Waals surface area contributed by atoms with Gasteiger partial charge in [-0.25, -0.2) is 0 Å². The largest absolute Gasteiger partial charge is 0.480 e. The van der Waals surface area contributed by atoms with E-state index in [1.807, 2.05) is 13.0 Å². The highest BCUT2D eigenvalue weighted by atomic mass is 79.9. The van der Waals surface area contributed by atoms with E-state index in [9.17, 15) is 9.90 Å². The van der Waals surface area contributed by atoms with Gasteiger partial charge in [-0.2, -0.15) is 0 Å². The summed E-state index contributed by atoms with van der Waals surface area (Å²) in [6.07, 6.45) is 0.965. The molecule has 2 unspecified atom stereocenters. The number of hydrogen-bond donors (Lipinski definition) is 1. The van der Waals surface area contributed by atoms with Crippen LogP contribution in [0.5, 0.6) is 0 Å². The number of hydrogen-bond acceptors (Lipinski definition) is 2. The maximum atomic E-state index is 11.3. The lowest BCUT2D eigenvalue weighted by Gasteiger charge is -2.23. The van der Waals surface area contributed by atoms with E-state index < -0.39 is 5.97 Å². The number of nitrogens with zero attached hydrogens (tertiary/aromatic N) is 1. The van der Waals surface area contributed by atoms with Crippen LogP contribution >= 0.6 is 15.9 Å². The first-order chi connectivity index (χ1) is 8.49. The van der Waals surface area contributed by atoms with E-state index >= 15 is 0 Å². The number of aliphatic carboxylic acids is 1. The second-order valence-electron chi connectivity index (χ2n) is 5.10. The molecule has 3 nitrogen and oxygen atoms in total. The minimum absolute atomic E-state index is 0.235. The van der Waals surface area contributed by atoms with Crippen LogP contribution in [0.25, 0.3) is 0 Å². The molecule has 2 atom stereocenters. The van der Waals surface area contributed by atoms with Gasteiger partial charge in [0, 0.05) is 11.0 Å². The van der Waals surface area contributed by atoms with Crippen LogP contribution in [0.4, 0.5) is 0 Å². The number of carboxylic acid groups (broad SMARTS) is 1. The first-order valence-corrected chi connectivity index (χ1v) is 7.00. The Hall–Kier alpha value is -0.870. The predicted molar refractivity (Wildman–Crippen MR) is 74.5 cm³/mol. The molecule has 0 aromatic heterocycles. The molecule has 0 aliphatic carbocycles. The molecule has 0 bridgehead atoms. The number of rotatable bonds is 3. The van der Waals surface area contributed by atoms with Gasteiger partial charge < -0.3 is 5.11 Å². The van der Waals surface area contributed by atoms with Crippen LogP contribution in [0, 0.1) is 12.8 Å². The topological polar surface area (TPSA) is 40.5 Å². The lowest BCUT2D eigenvalue weighted by atomic mass is 10.0. The normalized spacial score (nSPS) is 24.4. The third kappa shape index (κ3) is 2.75. The fraction of sp³-hybridized carbons (Fsp3) is 0.500. The number of carbonyl (C=O) groups is 1. The Morgan fingerprint density at radius 3 is 2.89 bits per heavy atom. The fourth-order valence-corrected chi connectivity index (χ4v) is 2.89. The van der Waals surface area contributed by atoms with Crippen molar-refractivity contribution in [3.63, 3.8) is 0 Å². The number of likely N-dealkylation sites (tertiary alicyclic amines) is 1. The van der Waals surface area contributed by atoms with Crippen LogP contribution in [-0.2, 0) is 11.3 Å². The molecule has 1 aliphatic heterocycles. The molecule has 1 fully saturated rings. The van der Waals surface area contributed by atoms with E-state index in [0.717, 1.165) is 24.0 Å². The highest BCUT2D eigenvalue weighted by Gasteiger charge is 2.36. The van der Waals surface area contributed by atoms with Gasteiger partial charge >= 0.3 is 5.97 Å². The van der Waals surface area contributed by atoms with Crippen LogP contribution in [0.1, 0.15) is 24.5 Å². The van der Waals surface area contributed by atoms with Gasteiger partial charge in [0.2, 0.25) is 0 Å². The molecule has 0 spiro atoms. The number of aryl methyl sites for hydroxylation is 1. The average Bonchev–Trinajstić information content (AvgIpc) is 2.65. The molecule has 2 rings (SSSR count).